The number of hydrogen-bond acceptors (Lipinski definition) is 5. The van der Waals surface area contributed by atoms with Gasteiger partial charge in [0.2, 0.25) is 0 Å². The molecular weight excluding hydrogens is 451 g/mol. The second kappa shape index (κ2) is 8.13. The Bertz CT molecular complexity index is 1450. The number of aromatic nitrogens is 4. The van der Waals surface area contributed by atoms with E-state index in [1.54, 1.807) is 26.1 Å². The third-order valence-electron chi connectivity index (χ3n) is 7.53. The molecule has 8 nitrogen and oxygen atoms in total. The summed E-state index contributed by atoms with van der Waals surface area (Å²) in [5, 5.41) is 17.8. The van der Waals surface area contributed by atoms with Crippen molar-refractivity contribution < 1.29 is 23.8 Å². The first-order valence-corrected chi connectivity index (χ1v) is 12.0. The molecule has 4 aromatic rings. The van der Waals surface area contributed by atoms with Crippen LogP contribution in [0.1, 0.15) is 54.8 Å². The summed E-state index contributed by atoms with van der Waals surface area (Å²) < 4.78 is 27.9. The molecule has 2 aliphatic heterocycles. The molecule has 0 amide bonds. The number of benzene rings is 1. The summed E-state index contributed by atoms with van der Waals surface area (Å²) in [4.78, 5) is 16.9. The lowest BCUT2D eigenvalue weighted by molar-refractivity contribution is -0.157. The lowest BCUT2D eigenvalue weighted by atomic mass is 9.85. The number of aliphatic carboxylic acids is 1. The molecule has 182 valence electrons. The number of halogens is 1. The average Bonchev–Trinajstić information content (AvgIpc) is 3.55. The third-order valence-corrected chi connectivity index (χ3v) is 7.53. The first-order valence-electron chi connectivity index (χ1n) is 12.0. The van der Waals surface area contributed by atoms with E-state index < -0.39 is 11.6 Å². The smallest absolute Gasteiger partial charge is 0.335 e. The predicted octanol–water partition coefficient (Wildman–Crippen LogP) is 4.59. The lowest BCUT2D eigenvalue weighted by Gasteiger charge is -2.27. The second-order valence-electron chi connectivity index (χ2n) is 9.87. The number of carboxylic acids is 1. The fraction of sp³-hybridized carbons (Fsp3) is 0.423. The van der Waals surface area contributed by atoms with Gasteiger partial charge >= 0.3 is 5.97 Å². The van der Waals surface area contributed by atoms with Gasteiger partial charge in [-0.3, -0.25) is 5.10 Å². The fourth-order valence-electron chi connectivity index (χ4n) is 5.64. The molecule has 6 rings (SSSR count). The molecular formula is C26H27FN4O4. The van der Waals surface area contributed by atoms with E-state index in [-0.39, 0.29) is 17.7 Å². The standard InChI is InChI=1S/C26H27FN4O4/c1-14-9-18(3-4-19(14)27)31-20-10-16-12-28-30-24(16)29-22(20)21(23(31)15-5-7-34-8-6-15)17-11-26(2,25(32)33)35-13-17/h3-4,9-10,12,15,17H,5-8,11,13H2,1-2H3,(H,32,33)(H,28,29,30)/t17-,26-/m0/s1. The van der Waals surface area contributed by atoms with Crippen LogP contribution in [0.25, 0.3) is 27.8 Å². The van der Waals surface area contributed by atoms with Crippen LogP contribution in [0.2, 0.25) is 0 Å². The Morgan fingerprint density at radius 3 is 2.77 bits per heavy atom. The van der Waals surface area contributed by atoms with Gasteiger partial charge in [-0.1, -0.05) is 0 Å². The first-order chi connectivity index (χ1) is 16.9. The highest BCUT2D eigenvalue weighted by atomic mass is 19.1. The van der Waals surface area contributed by atoms with Crippen LogP contribution in [0.5, 0.6) is 0 Å². The number of carbonyl (C=O) groups is 1. The Labute approximate surface area is 201 Å². The molecule has 35 heavy (non-hydrogen) atoms. The molecule has 2 aliphatic rings. The summed E-state index contributed by atoms with van der Waals surface area (Å²) in [6.07, 6.45) is 3.77. The summed E-state index contributed by atoms with van der Waals surface area (Å²) >= 11 is 0. The molecule has 1 aromatic carbocycles. The van der Waals surface area contributed by atoms with E-state index in [0.29, 0.717) is 37.5 Å². The van der Waals surface area contributed by atoms with Crippen LogP contribution >= 0.6 is 0 Å². The molecule has 0 saturated carbocycles. The molecule has 2 fully saturated rings. The Hall–Kier alpha value is -3.30. The number of pyridine rings is 1. The van der Waals surface area contributed by atoms with Crippen molar-refractivity contribution in [2.75, 3.05) is 19.8 Å². The van der Waals surface area contributed by atoms with Gasteiger partial charge in [-0.05, 0) is 62.9 Å². The van der Waals surface area contributed by atoms with Crippen molar-refractivity contribution in [3.8, 4) is 5.69 Å². The van der Waals surface area contributed by atoms with E-state index in [4.69, 9.17) is 14.5 Å². The molecule has 0 bridgehead atoms. The van der Waals surface area contributed by atoms with Crippen LogP contribution in [-0.2, 0) is 14.3 Å². The van der Waals surface area contributed by atoms with Crippen molar-refractivity contribution >= 4 is 28.0 Å². The van der Waals surface area contributed by atoms with Gasteiger partial charge in [-0.2, -0.15) is 5.10 Å². The number of H-pyrrole nitrogens is 1. The van der Waals surface area contributed by atoms with Crippen LogP contribution in [0.4, 0.5) is 4.39 Å². The van der Waals surface area contributed by atoms with Crippen LogP contribution in [0, 0.1) is 12.7 Å². The molecule has 0 unspecified atom stereocenters. The number of aromatic amines is 1. The second-order valence-corrected chi connectivity index (χ2v) is 9.87. The number of ether oxygens (including phenoxy) is 2. The topological polar surface area (TPSA) is 102 Å². The Morgan fingerprint density at radius 2 is 2.06 bits per heavy atom. The number of nitrogens with zero attached hydrogens (tertiary/aromatic N) is 3. The van der Waals surface area contributed by atoms with E-state index in [2.05, 4.69) is 20.8 Å². The largest absolute Gasteiger partial charge is 0.479 e. The van der Waals surface area contributed by atoms with Gasteiger partial charge in [-0.25, -0.2) is 14.2 Å². The van der Waals surface area contributed by atoms with Gasteiger partial charge < -0.3 is 19.1 Å². The SMILES string of the molecule is Cc1cc(-n2c(C3CCOCC3)c([C@@H]3CO[C@](C)(C(=O)O)C3)c3nc4[nH]ncc4cc32)ccc1F. The van der Waals surface area contributed by atoms with Crippen molar-refractivity contribution in [2.45, 2.75) is 50.5 Å². The van der Waals surface area contributed by atoms with Gasteiger partial charge in [0.25, 0.3) is 0 Å². The molecule has 2 N–H and O–H groups in total. The van der Waals surface area contributed by atoms with Crippen molar-refractivity contribution in [2.24, 2.45) is 0 Å². The summed E-state index contributed by atoms with van der Waals surface area (Å²) in [6.45, 7) is 4.99. The number of fused-ring (bicyclic) bond motifs is 2. The molecule has 0 radical (unpaired) electrons. The van der Waals surface area contributed by atoms with Crippen LogP contribution in [-0.4, -0.2) is 56.2 Å². The minimum atomic E-state index is -1.25. The molecule has 0 spiro atoms. The zero-order chi connectivity index (χ0) is 24.3. The summed E-state index contributed by atoms with van der Waals surface area (Å²) in [6, 6.07) is 7.19. The maximum Gasteiger partial charge on any atom is 0.335 e. The first kappa shape index (κ1) is 22.2. The van der Waals surface area contributed by atoms with Crippen LogP contribution in [0.15, 0.2) is 30.5 Å². The van der Waals surface area contributed by atoms with E-state index >= 15 is 0 Å². The van der Waals surface area contributed by atoms with E-state index in [0.717, 1.165) is 46.2 Å². The minimum absolute atomic E-state index is 0.146. The molecule has 2 saturated heterocycles. The van der Waals surface area contributed by atoms with Crippen molar-refractivity contribution in [1.82, 2.24) is 19.7 Å². The molecule has 9 heteroatoms. The fourth-order valence-corrected chi connectivity index (χ4v) is 5.64. The zero-order valence-corrected chi connectivity index (χ0v) is 19.7. The van der Waals surface area contributed by atoms with Crippen molar-refractivity contribution in [3.63, 3.8) is 0 Å². The van der Waals surface area contributed by atoms with Gasteiger partial charge in [0.1, 0.15) is 5.82 Å². The molecule has 3 aromatic heterocycles. The number of hydrogen-bond donors (Lipinski definition) is 2. The van der Waals surface area contributed by atoms with Gasteiger partial charge in [-0.15, -0.1) is 0 Å². The normalized spacial score (nSPS) is 23.5. The number of aryl methyl sites for hydroxylation is 1. The third kappa shape index (κ3) is 3.52. The van der Waals surface area contributed by atoms with Gasteiger partial charge in [0.15, 0.2) is 11.2 Å². The summed E-state index contributed by atoms with van der Waals surface area (Å²) in [5.41, 5.74) is 4.62. The van der Waals surface area contributed by atoms with Gasteiger partial charge in [0, 0.05) is 47.4 Å². The molecule has 5 heterocycles. The van der Waals surface area contributed by atoms with E-state index in [1.165, 1.54) is 6.07 Å². The maximum absolute atomic E-state index is 14.2. The summed E-state index contributed by atoms with van der Waals surface area (Å²) in [7, 11) is 0. The lowest BCUT2D eigenvalue weighted by Crippen LogP contribution is -2.34. The average molecular weight is 479 g/mol. The van der Waals surface area contributed by atoms with Crippen molar-refractivity contribution in [3.05, 3.63) is 53.1 Å². The maximum atomic E-state index is 14.2. The Balaban J connectivity index is 1.67. The highest BCUT2D eigenvalue weighted by Crippen LogP contribution is 2.46. The highest BCUT2D eigenvalue weighted by molar-refractivity contribution is 5.94. The minimum Gasteiger partial charge on any atom is -0.479 e. The van der Waals surface area contributed by atoms with E-state index in [9.17, 15) is 14.3 Å². The Kier molecular flexibility index (Phi) is 5.16. The monoisotopic (exact) mass is 478 g/mol. The summed E-state index contributed by atoms with van der Waals surface area (Å²) in [5.74, 6) is -1.18. The number of carboxylic acid groups (broad SMARTS) is 1. The van der Waals surface area contributed by atoms with Crippen LogP contribution in [0.3, 0.4) is 0 Å². The van der Waals surface area contributed by atoms with Crippen LogP contribution < -0.4 is 0 Å². The molecule has 0 aliphatic carbocycles. The van der Waals surface area contributed by atoms with Crippen molar-refractivity contribution in [1.29, 1.82) is 0 Å². The van der Waals surface area contributed by atoms with E-state index in [1.807, 2.05) is 6.07 Å². The number of rotatable bonds is 4. The van der Waals surface area contributed by atoms with Gasteiger partial charge in [0.05, 0.1) is 23.8 Å². The highest BCUT2D eigenvalue weighted by Gasteiger charge is 2.46. The quantitative estimate of drug-likeness (QED) is 0.445. The Morgan fingerprint density at radius 1 is 1.26 bits per heavy atom. The number of nitrogens with one attached hydrogen (secondary N) is 1. The predicted molar refractivity (Wildman–Crippen MR) is 128 cm³/mol. The molecule has 2 atom stereocenters. The zero-order valence-electron chi connectivity index (χ0n) is 19.7.